The monoisotopic (exact) mass is 327 g/mol. The molecule has 0 bridgehead atoms. The van der Waals surface area contributed by atoms with Gasteiger partial charge in [-0.25, -0.2) is 0 Å². The molecule has 2 N–H and O–H groups in total. The molecule has 24 heavy (non-hydrogen) atoms. The molecular weight excluding hydrogens is 306 g/mol. The Morgan fingerprint density at radius 2 is 2.00 bits per heavy atom. The standard InChI is InChI=1S/C19H21NO4/c1-23-14-7-8-15(17(11-14)24-2)18(21)20-12-19(22)10-9-13-5-3-4-6-16(13)19/h3-8,11,22H,9-10,12H2,1-2H3,(H,20,21). The molecule has 3 rings (SSSR count). The first-order chi connectivity index (χ1) is 11.6. The van der Waals surface area contributed by atoms with E-state index in [1.807, 2.05) is 24.3 Å². The Morgan fingerprint density at radius 3 is 2.75 bits per heavy atom. The number of aliphatic hydroxyl groups is 1. The molecular formula is C19H21NO4. The third-order valence-corrected chi connectivity index (χ3v) is 4.52. The van der Waals surface area contributed by atoms with Crippen molar-refractivity contribution < 1.29 is 19.4 Å². The Hall–Kier alpha value is -2.53. The molecule has 0 spiro atoms. The summed E-state index contributed by atoms with van der Waals surface area (Å²) in [6, 6.07) is 12.8. The van der Waals surface area contributed by atoms with Gasteiger partial charge in [-0.3, -0.25) is 4.79 Å². The van der Waals surface area contributed by atoms with Gasteiger partial charge >= 0.3 is 0 Å². The molecule has 5 nitrogen and oxygen atoms in total. The van der Waals surface area contributed by atoms with Crippen molar-refractivity contribution in [3.63, 3.8) is 0 Å². The SMILES string of the molecule is COc1ccc(C(=O)NCC2(O)CCc3ccccc32)c(OC)c1. The van der Waals surface area contributed by atoms with E-state index < -0.39 is 5.60 Å². The van der Waals surface area contributed by atoms with Crippen molar-refractivity contribution in [2.24, 2.45) is 0 Å². The summed E-state index contributed by atoms with van der Waals surface area (Å²) in [4.78, 5) is 12.5. The van der Waals surface area contributed by atoms with E-state index in [-0.39, 0.29) is 12.5 Å². The van der Waals surface area contributed by atoms with Crippen LogP contribution in [-0.2, 0) is 12.0 Å². The van der Waals surface area contributed by atoms with Gasteiger partial charge in [-0.05, 0) is 36.1 Å². The molecule has 1 amide bonds. The van der Waals surface area contributed by atoms with Gasteiger partial charge in [-0.2, -0.15) is 0 Å². The molecule has 1 aliphatic carbocycles. The van der Waals surface area contributed by atoms with Crippen molar-refractivity contribution in [3.05, 3.63) is 59.2 Å². The molecule has 0 radical (unpaired) electrons. The fourth-order valence-electron chi connectivity index (χ4n) is 3.16. The number of nitrogens with one attached hydrogen (secondary N) is 1. The highest BCUT2D eigenvalue weighted by Gasteiger charge is 2.36. The molecule has 2 aromatic rings. The van der Waals surface area contributed by atoms with Crippen molar-refractivity contribution in [3.8, 4) is 11.5 Å². The van der Waals surface area contributed by atoms with E-state index in [1.165, 1.54) is 7.11 Å². The zero-order chi connectivity index (χ0) is 17.2. The molecule has 2 aromatic carbocycles. The first-order valence-electron chi connectivity index (χ1n) is 7.88. The van der Waals surface area contributed by atoms with Crippen LogP contribution < -0.4 is 14.8 Å². The number of aryl methyl sites for hydroxylation is 1. The minimum atomic E-state index is -1.02. The Morgan fingerprint density at radius 1 is 1.21 bits per heavy atom. The summed E-state index contributed by atoms with van der Waals surface area (Å²) in [5.41, 5.74) is 1.42. The van der Waals surface area contributed by atoms with Gasteiger partial charge in [0.15, 0.2) is 0 Å². The van der Waals surface area contributed by atoms with E-state index in [2.05, 4.69) is 5.32 Å². The van der Waals surface area contributed by atoms with E-state index >= 15 is 0 Å². The van der Waals surface area contributed by atoms with Crippen LogP contribution in [0.3, 0.4) is 0 Å². The number of benzene rings is 2. The van der Waals surface area contributed by atoms with Crippen LogP contribution in [0.4, 0.5) is 0 Å². The topological polar surface area (TPSA) is 67.8 Å². The maximum atomic E-state index is 12.5. The smallest absolute Gasteiger partial charge is 0.255 e. The highest BCUT2D eigenvalue weighted by atomic mass is 16.5. The largest absolute Gasteiger partial charge is 0.497 e. The quantitative estimate of drug-likeness (QED) is 0.884. The Bertz CT molecular complexity index is 759. The Balaban J connectivity index is 1.75. The molecule has 0 heterocycles. The van der Waals surface area contributed by atoms with Gasteiger partial charge in [0.2, 0.25) is 0 Å². The number of carbonyl (C=O) groups excluding carboxylic acids is 1. The summed E-state index contributed by atoms with van der Waals surface area (Å²) in [5.74, 6) is 0.768. The number of hydrogen-bond acceptors (Lipinski definition) is 4. The number of methoxy groups -OCH3 is 2. The minimum Gasteiger partial charge on any atom is -0.497 e. The summed E-state index contributed by atoms with van der Waals surface area (Å²) in [6.07, 6.45) is 1.42. The molecule has 0 saturated carbocycles. The lowest BCUT2D eigenvalue weighted by Crippen LogP contribution is -2.39. The number of ether oxygens (including phenoxy) is 2. The van der Waals surface area contributed by atoms with Crippen LogP contribution in [-0.4, -0.2) is 31.8 Å². The molecule has 5 heteroatoms. The predicted molar refractivity (Wildman–Crippen MR) is 90.5 cm³/mol. The van der Waals surface area contributed by atoms with Crippen molar-refractivity contribution in [1.82, 2.24) is 5.32 Å². The summed E-state index contributed by atoms with van der Waals surface area (Å²) in [6.45, 7) is 0.165. The third-order valence-electron chi connectivity index (χ3n) is 4.52. The molecule has 0 aromatic heterocycles. The number of rotatable bonds is 5. The molecule has 0 saturated heterocycles. The van der Waals surface area contributed by atoms with Crippen LogP contribution in [0.5, 0.6) is 11.5 Å². The normalized spacial score (nSPS) is 18.8. The van der Waals surface area contributed by atoms with Crippen molar-refractivity contribution in [1.29, 1.82) is 0 Å². The van der Waals surface area contributed by atoms with Crippen molar-refractivity contribution in [2.45, 2.75) is 18.4 Å². The maximum absolute atomic E-state index is 12.5. The Kier molecular flexibility index (Phi) is 4.44. The van der Waals surface area contributed by atoms with Crippen LogP contribution in [0.25, 0.3) is 0 Å². The summed E-state index contributed by atoms with van der Waals surface area (Å²) >= 11 is 0. The molecule has 1 atom stereocenters. The van der Waals surface area contributed by atoms with Gasteiger partial charge in [-0.1, -0.05) is 24.3 Å². The molecule has 1 unspecified atom stereocenters. The zero-order valence-electron chi connectivity index (χ0n) is 13.8. The van der Waals surface area contributed by atoms with Crippen LogP contribution in [0.1, 0.15) is 27.9 Å². The van der Waals surface area contributed by atoms with Crippen LogP contribution >= 0.6 is 0 Å². The fourth-order valence-corrected chi connectivity index (χ4v) is 3.16. The molecule has 0 aliphatic heterocycles. The average Bonchev–Trinajstić information content (AvgIpc) is 2.97. The highest BCUT2D eigenvalue weighted by molar-refractivity contribution is 5.97. The average molecular weight is 327 g/mol. The van der Waals surface area contributed by atoms with Crippen LogP contribution in [0.2, 0.25) is 0 Å². The van der Waals surface area contributed by atoms with E-state index in [4.69, 9.17) is 9.47 Å². The summed E-state index contributed by atoms with van der Waals surface area (Å²) in [5, 5.41) is 13.7. The van der Waals surface area contributed by atoms with Gasteiger partial charge in [0.25, 0.3) is 5.91 Å². The minimum absolute atomic E-state index is 0.165. The zero-order valence-corrected chi connectivity index (χ0v) is 13.8. The number of fused-ring (bicyclic) bond motifs is 1. The predicted octanol–water partition coefficient (Wildman–Crippen LogP) is 2.27. The van der Waals surface area contributed by atoms with Gasteiger partial charge in [0.1, 0.15) is 17.1 Å². The van der Waals surface area contributed by atoms with E-state index in [9.17, 15) is 9.90 Å². The van der Waals surface area contributed by atoms with Gasteiger partial charge in [0, 0.05) is 6.07 Å². The van der Waals surface area contributed by atoms with Gasteiger partial charge < -0.3 is 19.9 Å². The highest BCUT2D eigenvalue weighted by Crippen LogP contribution is 2.36. The lowest BCUT2D eigenvalue weighted by molar-refractivity contribution is 0.0369. The number of hydrogen-bond donors (Lipinski definition) is 2. The van der Waals surface area contributed by atoms with E-state index in [0.717, 1.165) is 17.5 Å². The van der Waals surface area contributed by atoms with E-state index in [0.29, 0.717) is 23.5 Å². The van der Waals surface area contributed by atoms with Crippen LogP contribution in [0, 0.1) is 0 Å². The van der Waals surface area contributed by atoms with Gasteiger partial charge in [0.05, 0.1) is 26.3 Å². The van der Waals surface area contributed by atoms with Crippen LogP contribution in [0.15, 0.2) is 42.5 Å². The van der Waals surface area contributed by atoms with Crippen molar-refractivity contribution in [2.75, 3.05) is 20.8 Å². The lowest BCUT2D eigenvalue weighted by atomic mass is 9.96. The first-order valence-corrected chi connectivity index (χ1v) is 7.88. The summed E-state index contributed by atoms with van der Waals surface area (Å²) < 4.78 is 10.4. The third kappa shape index (κ3) is 2.95. The second kappa shape index (κ2) is 6.53. The summed E-state index contributed by atoms with van der Waals surface area (Å²) in [7, 11) is 3.06. The second-order valence-electron chi connectivity index (χ2n) is 5.94. The molecule has 1 aliphatic rings. The number of amides is 1. The first kappa shape index (κ1) is 16.3. The van der Waals surface area contributed by atoms with E-state index in [1.54, 1.807) is 25.3 Å². The molecule has 126 valence electrons. The van der Waals surface area contributed by atoms with Gasteiger partial charge in [-0.15, -0.1) is 0 Å². The molecule has 0 fully saturated rings. The Labute approximate surface area is 141 Å². The number of carbonyl (C=O) groups is 1. The lowest BCUT2D eigenvalue weighted by Gasteiger charge is -2.24. The fraction of sp³-hybridized carbons (Fsp3) is 0.316. The van der Waals surface area contributed by atoms with Crippen molar-refractivity contribution >= 4 is 5.91 Å². The maximum Gasteiger partial charge on any atom is 0.255 e. The second-order valence-corrected chi connectivity index (χ2v) is 5.94.